The third-order valence-electron chi connectivity index (χ3n) is 5.55. The second kappa shape index (κ2) is 9.20. The van der Waals surface area contributed by atoms with E-state index in [9.17, 15) is 4.79 Å². The maximum absolute atomic E-state index is 12.4. The lowest BCUT2D eigenvalue weighted by Gasteiger charge is -2.27. The molecule has 4 rings (SSSR count). The van der Waals surface area contributed by atoms with Crippen molar-refractivity contribution in [1.82, 2.24) is 19.8 Å². The van der Waals surface area contributed by atoms with Gasteiger partial charge in [-0.25, -0.2) is 4.98 Å². The summed E-state index contributed by atoms with van der Waals surface area (Å²) in [6.45, 7) is 4.96. The van der Waals surface area contributed by atoms with Crippen molar-refractivity contribution >= 4 is 16.9 Å². The van der Waals surface area contributed by atoms with E-state index in [4.69, 9.17) is 4.74 Å². The first-order valence-corrected chi connectivity index (χ1v) is 10.2. The SMILES string of the molecule is Cn1c(CCC(=O)NCc2ccccc2CN2CCOCC2)nc2ccccc21. The lowest BCUT2D eigenvalue weighted by molar-refractivity contribution is -0.121. The van der Waals surface area contributed by atoms with Gasteiger partial charge in [0.2, 0.25) is 5.91 Å². The van der Waals surface area contributed by atoms with Crippen LogP contribution in [0, 0.1) is 0 Å². The fourth-order valence-corrected chi connectivity index (χ4v) is 3.81. The first kappa shape index (κ1) is 19.6. The molecule has 3 aromatic rings. The van der Waals surface area contributed by atoms with E-state index in [2.05, 4.69) is 44.0 Å². The largest absolute Gasteiger partial charge is 0.379 e. The molecule has 6 nitrogen and oxygen atoms in total. The second-order valence-corrected chi connectivity index (χ2v) is 7.51. The monoisotopic (exact) mass is 392 g/mol. The summed E-state index contributed by atoms with van der Waals surface area (Å²) in [5.41, 5.74) is 4.52. The number of aromatic nitrogens is 2. The lowest BCUT2D eigenvalue weighted by atomic mass is 10.1. The van der Waals surface area contributed by atoms with E-state index < -0.39 is 0 Å². The number of nitrogens with zero attached hydrogens (tertiary/aromatic N) is 3. The van der Waals surface area contributed by atoms with Crippen LogP contribution in [-0.2, 0) is 36.1 Å². The van der Waals surface area contributed by atoms with Crippen LogP contribution >= 0.6 is 0 Å². The molecular formula is C23H28N4O2. The highest BCUT2D eigenvalue weighted by Gasteiger charge is 2.14. The zero-order valence-electron chi connectivity index (χ0n) is 16.9. The van der Waals surface area contributed by atoms with Crippen molar-refractivity contribution in [2.75, 3.05) is 26.3 Å². The number of rotatable bonds is 7. The standard InChI is InChI=1S/C23H28N4O2/c1-26-21-9-5-4-8-20(21)25-22(26)10-11-23(28)24-16-18-6-2-3-7-19(18)17-27-12-14-29-15-13-27/h2-9H,10-17H2,1H3,(H,24,28). The Bertz CT molecular complexity index is 976. The molecule has 1 aliphatic heterocycles. The van der Waals surface area contributed by atoms with Crippen LogP contribution in [0.1, 0.15) is 23.4 Å². The third-order valence-corrected chi connectivity index (χ3v) is 5.55. The molecule has 29 heavy (non-hydrogen) atoms. The quantitative estimate of drug-likeness (QED) is 0.672. The van der Waals surface area contributed by atoms with E-state index in [0.29, 0.717) is 19.4 Å². The van der Waals surface area contributed by atoms with Gasteiger partial charge in [0.05, 0.1) is 24.2 Å². The predicted molar refractivity (Wildman–Crippen MR) is 113 cm³/mol. The minimum Gasteiger partial charge on any atom is -0.379 e. The van der Waals surface area contributed by atoms with Gasteiger partial charge >= 0.3 is 0 Å². The minimum atomic E-state index is 0.0539. The van der Waals surface area contributed by atoms with Crippen molar-refractivity contribution in [2.45, 2.75) is 25.9 Å². The Morgan fingerprint density at radius 2 is 1.79 bits per heavy atom. The highest BCUT2D eigenvalue weighted by molar-refractivity contribution is 5.77. The average molecular weight is 393 g/mol. The van der Waals surface area contributed by atoms with Crippen LogP contribution in [0.2, 0.25) is 0 Å². The Hall–Kier alpha value is -2.70. The van der Waals surface area contributed by atoms with Crippen molar-refractivity contribution in [3.8, 4) is 0 Å². The average Bonchev–Trinajstić information content (AvgIpc) is 3.08. The Labute approximate surface area is 171 Å². The van der Waals surface area contributed by atoms with Crippen LogP contribution in [0.4, 0.5) is 0 Å². The molecule has 2 aromatic carbocycles. The van der Waals surface area contributed by atoms with Gasteiger partial charge in [-0.1, -0.05) is 36.4 Å². The minimum absolute atomic E-state index is 0.0539. The molecule has 1 aromatic heterocycles. The van der Waals surface area contributed by atoms with Gasteiger partial charge in [-0.2, -0.15) is 0 Å². The third kappa shape index (κ3) is 4.83. The second-order valence-electron chi connectivity index (χ2n) is 7.51. The molecule has 1 fully saturated rings. The molecule has 152 valence electrons. The van der Waals surface area contributed by atoms with E-state index >= 15 is 0 Å². The van der Waals surface area contributed by atoms with E-state index in [1.807, 2.05) is 31.3 Å². The van der Waals surface area contributed by atoms with Crippen LogP contribution in [-0.4, -0.2) is 46.7 Å². The van der Waals surface area contributed by atoms with Gasteiger partial charge in [0.25, 0.3) is 0 Å². The number of ether oxygens (including phenoxy) is 1. The summed E-state index contributed by atoms with van der Waals surface area (Å²) in [7, 11) is 2.00. The van der Waals surface area contributed by atoms with Gasteiger partial charge in [0.1, 0.15) is 5.82 Å². The summed E-state index contributed by atoms with van der Waals surface area (Å²) < 4.78 is 7.50. The summed E-state index contributed by atoms with van der Waals surface area (Å²) in [4.78, 5) is 19.5. The highest BCUT2D eigenvalue weighted by atomic mass is 16.5. The normalized spacial score (nSPS) is 14.9. The Kier molecular flexibility index (Phi) is 6.22. The van der Waals surface area contributed by atoms with Gasteiger partial charge in [0, 0.05) is 46.1 Å². The summed E-state index contributed by atoms with van der Waals surface area (Å²) in [5.74, 6) is 0.993. The van der Waals surface area contributed by atoms with E-state index in [1.54, 1.807) is 0 Å². The smallest absolute Gasteiger partial charge is 0.220 e. The molecule has 1 saturated heterocycles. The van der Waals surface area contributed by atoms with Gasteiger partial charge in [-0.3, -0.25) is 9.69 Å². The molecule has 0 radical (unpaired) electrons. The predicted octanol–water partition coefficient (Wildman–Crippen LogP) is 2.65. The van der Waals surface area contributed by atoms with E-state index in [1.165, 1.54) is 11.1 Å². The summed E-state index contributed by atoms with van der Waals surface area (Å²) >= 11 is 0. The molecule has 0 spiro atoms. The van der Waals surface area contributed by atoms with Crippen molar-refractivity contribution in [1.29, 1.82) is 0 Å². The summed E-state index contributed by atoms with van der Waals surface area (Å²) in [6, 6.07) is 16.4. The number of nitrogens with one attached hydrogen (secondary N) is 1. The molecule has 0 atom stereocenters. The molecule has 0 saturated carbocycles. The van der Waals surface area contributed by atoms with Gasteiger partial charge in [-0.05, 0) is 23.3 Å². The van der Waals surface area contributed by atoms with Crippen molar-refractivity contribution in [2.24, 2.45) is 7.05 Å². The zero-order valence-corrected chi connectivity index (χ0v) is 16.9. The van der Waals surface area contributed by atoms with E-state index in [-0.39, 0.29) is 5.91 Å². The van der Waals surface area contributed by atoms with Crippen LogP contribution in [0.3, 0.4) is 0 Å². The van der Waals surface area contributed by atoms with Gasteiger partial charge < -0.3 is 14.6 Å². The molecule has 2 heterocycles. The maximum atomic E-state index is 12.4. The highest BCUT2D eigenvalue weighted by Crippen LogP contribution is 2.16. The van der Waals surface area contributed by atoms with Crippen LogP contribution in [0.15, 0.2) is 48.5 Å². The number of hydrogen-bond donors (Lipinski definition) is 1. The van der Waals surface area contributed by atoms with Gasteiger partial charge in [0.15, 0.2) is 0 Å². The summed E-state index contributed by atoms with van der Waals surface area (Å²) in [6.07, 6.45) is 1.06. The number of carbonyl (C=O) groups is 1. The topological polar surface area (TPSA) is 59.4 Å². The number of carbonyl (C=O) groups excluding carboxylic acids is 1. The fourth-order valence-electron chi connectivity index (χ4n) is 3.81. The molecule has 0 aliphatic carbocycles. The van der Waals surface area contributed by atoms with Crippen molar-refractivity contribution < 1.29 is 9.53 Å². The molecule has 0 bridgehead atoms. The molecule has 0 unspecified atom stereocenters. The van der Waals surface area contributed by atoms with Crippen LogP contribution in [0.5, 0.6) is 0 Å². The number of hydrogen-bond acceptors (Lipinski definition) is 4. The molecular weight excluding hydrogens is 364 g/mol. The number of para-hydroxylation sites is 2. The van der Waals surface area contributed by atoms with Crippen molar-refractivity contribution in [3.63, 3.8) is 0 Å². The van der Waals surface area contributed by atoms with E-state index in [0.717, 1.165) is 49.7 Å². The first-order valence-electron chi connectivity index (χ1n) is 10.2. The lowest BCUT2D eigenvalue weighted by Crippen LogP contribution is -2.36. The molecule has 6 heteroatoms. The summed E-state index contributed by atoms with van der Waals surface area (Å²) in [5, 5.41) is 3.08. The van der Waals surface area contributed by atoms with Gasteiger partial charge in [-0.15, -0.1) is 0 Å². The number of morpholine rings is 1. The number of benzene rings is 2. The number of fused-ring (bicyclic) bond motifs is 1. The van der Waals surface area contributed by atoms with Crippen molar-refractivity contribution in [3.05, 3.63) is 65.5 Å². The molecule has 1 aliphatic rings. The molecule has 1 amide bonds. The maximum Gasteiger partial charge on any atom is 0.220 e. The fraction of sp³-hybridized carbons (Fsp3) is 0.391. The number of aryl methyl sites for hydroxylation is 2. The Morgan fingerprint density at radius 3 is 2.59 bits per heavy atom. The van der Waals surface area contributed by atoms with Crippen LogP contribution < -0.4 is 5.32 Å². The Balaban J connectivity index is 1.32. The number of imidazole rings is 1. The number of amides is 1. The molecule has 1 N–H and O–H groups in total. The first-order chi connectivity index (χ1) is 14.2. The Morgan fingerprint density at radius 1 is 1.07 bits per heavy atom. The zero-order chi connectivity index (χ0) is 20.1. The van der Waals surface area contributed by atoms with Crippen LogP contribution in [0.25, 0.3) is 11.0 Å².